The van der Waals surface area contributed by atoms with Crippen molar-refractivity contribution in [3.63, 3.8) is 0 Å². The molecule has 0 fully saturated rings. The SMILES string of the molecule is CCN1C(=O)C(=Cc2cn(-c3ccccc3)nc2-c2ccc(OCc3ccccc3)cc2)C(C)=C(C#N)C1=O. The molecule has 1 aromatic heterocycles. The summed E-state index contributed by atoms with van der Waals surface area (Å²) in [7, 11) is 0. The largest absolute Gasteiger partial charge is 0.489 e. The molecule has 2 amide bonds. The Morgan fingerprint density at radius 2 is 1.59 bits per heavy atom. The standard InChI is InChI=1S/C32H26N4O3/c1-3-35-31(37)28(22(2)29(19-33)32(35)38)18-25-20-36(26-12-8-5-9-13-26)34-30(25)24-14-16-27(17-15-24)39-21-23-10-6-4-7-11-23/h4-18,20H,3,21H2,1-2H3. The van der Waals surface area contributed by atoms with Gasteiger partial charge in [0.25, 0.3) is 11.8 Å². The molecule has 39 heavy (non-hydrogen) atoms. The van der Waals surface area contributed by atoms with Gasteiger partial charge in [0.05, 0.1) is 11.4 Å². The number of hydrogen-bond donors (Lipinski definition) is 0. The van der Waals surface area contributed by atoms with Gasteiger partial charge in [-0.05, 0) is 67.5 Å². The third-order valence-electron chi connectivity index (χ3n) is 6.58. The second kappa shape index (κ2) is 11.0. The van der Waals surface area contributed by atoms with Crippen LogP contribution in [0.25, 0.3) is 23.0 Å². The van der Waals surface area contributed by atoms with Crippen molar-refractivity contribution in [3.05, 3.63) is 119 Å². The van der Waals surface area contributed by atoms with Gasteiger partial charge in [-0.25, -0.2) is 4.68 Å². The van der Waals surface area contributed by atoms with E-state index in [-0.39, 0.29) is 12.1 Å². The van der Waals surface area contributed by atoms with Gasteiger partial charge in [-0.1, -0.05) is 48.5 Å². The summed E-state index contributed by atoms with van der Waals surface area (Å²) >= 11 is 0. The number of rotatable bonds is 7. The van der Waals surface area contributed by atoms with E-state index >= 15 is 0 Å². The summed E-state index contributed by atoms with van der Waals surface area (Å²) < 4.78 is 7.69. The van der Waals surface area contributed by atoms with Gasteiger partial charge in [-0.2, -0.15) is 10.4 Å². The van der Waals surface area contributed by atoms with Crippen molar-refractivity contribution < 1.29 is 14.3 Å². The average Bonchev–Trinajstić information content (AvgIpc) is 3.40. The van der Waals surface area contributed by atoms with Crippen LogP contribution >= 0.6 is 0 Å². The van der Waals surface area contributed by atoms with E-state index in [0.717, 1.165) is 27.5 Å². The Morgan fingerprint density at radius 3 is 2.23 bits per heavy atom. The van der Waals surface area contributed by atoms with Crippen molar-refractivity contribution in [1.29, 1.82) is 5.26 Å². The topological polar surface area (TPSA) is 88.2 Å². The fourth-order valence-electron chi connectivity index (χ4n) is 4.45. The minimum absolute atomic E-state index is 0.0281. The lowest BCUT2D eigenvalue weighted by molar-refractivity contribution is -0.140. The van der Waals surface area contributed by atoms with Gasteiger partial charge in [0.1, 0.15) is 24.0 Å². The third kappa shape index (κ3) is 5.13. The van der Waals surface area contributed by atoms with E-state index in [1.807, 2.05) is 97.2 Å². The highest BCUT2D eigenvalue weighted by Crippen LogP contribution is 2.31. The lowest BCUT2D eigenvalue weighted by Crippen LogP contribution is -2.42. The molecule has 0 bridgehead atoms. The Morgan fingerprint density at radius 1 is 0.923 bits per heavy atom. The maximum Gasteiger partial charge on any atom is 0.271 e. The summed E-state index contributed by atoms with van der Waals surface area (Å²) in [6.07, 6.45) is 3.56. The molecule has 0 spiro atoms. The van der Waals surface area contributed by atoms with Crippen LogP contribution in [-0.4, -0.2) is 33.0 Å². The molecule has 0 unspecified atom stereocenters. The first-order valence-electron chi connectivity index (χ1n) is 12.6. The van der Waals surface area contributed by atoms with Crippen LogP contribution in [0.2, 0.25) is 0 Å². The van der Waals surface area contributed by atoms with Crippen LogP contribution in [0.15, 0.2) is 108 Å². The Balaban J connectivity index is 1.55. The minimum atomic E-state index is -0.564. The van der Waals surface area contributed by atoms with Gasteiger partial charge < -0.3 is 4.74 Å². The van der Waals surface area contributed by atoms with E-state index < -0.39 is 11.8 Å². The summed E-state index contributed by atoms with van der Waals surface area (Å²) in [6, 6.07) is 29.2. The monoisotopic (exact) mass is 514 g/mol. The Kier molecular flexibility index (Phi) is 7.19. The van der Waals surface area contributed by atoms with E-state index in [1.54, 1.807) is 24.6 Å². The van der Waals surface area contributed by atoms with Crippen molar-refractivity contribution >= 4 is 17.9 Å². The average molecular weight is 515 g/mol. The Hall–Kier alpha value is -5.22. The maximum atomic E-state index is 13.3. The van der Waals surface area contributed by atoms with E-state index in [1.165, 1.54) is 0 Å². The molecule has 7 heteroatoms. The van der Waals surface area contributed by atoms with Crippen LogP contribution in [0.1, 0.15) is 25.0 Å². The van der Waals surface area contributed by atoms with Crippen molar-refractivity contribution in [2.75, 3.05) is 6.54 Å². The highest BCUT2D eigenvalue weighted by atomic mass is 16.5. The molecule has 0 radical (unpaired) electrons. The highest BCUT2D eigenvalue weighted by molar-refractivity contribution is 6.19. The predicted octanol–water partition coefficient (Wildman–Crippen LogP) is 5.73. The van der Waals surface area contributed by atoms with E-state index in [4.69, 9.17) is 9.84 Å². The molecule has 0 saturated heterocycles. The van der Waals surface area contributed by atoms with Crippen LogP contribution in [-0.2, 0) is 16.2 Å². The number of amides is 2. The van der Waals surface area contributed by atoms with Gasteiger partial charge in [0.2, 0.25) is 0 Å². The molecule has 0 aliphatic carbocycles. The normalized spacial score (nSPS) is 14.6. The quantitative estimate of drug-likeness (QED) is 0.232. The molecule has 0 N–H and O–H groups in total. The summed E-state index contributed by atoms with van der Waals surface area (Å²) in [5.74, 6) is -0.269. The number of nitrogens with zero attached hydrogens (tertiary/aromatic N) is 4. The molecular formula is C32H26N4O3. The van der Waals surface area contributed by atoms with Crippen molar-refractivity contribution in [1.82, 2.24) is 14.7 Å². The summed E-state index contributed by atoms with van der Waals surface area (Å²) in [5.41, 5.74) is 4.73. The van der Waals surface area contributed by atoms with E-state index in [2.05, 4.69) is 0 Å². The predicted molar refractivity (Wildman–Crippen MR) is 148 cm³/mol. The second-order valence-electron chi connectivity index (χ2n) is 9.04. The minimum Gasteiger partial charge on any atom is -0.489 e. The molecule has 0 saturated carbocycles. The molecule has 192 valence electrons. The van der Waals surface area contributed by atoms with Crippen molar-refractivity contribution in [3.8, 4) is 28.8 Å². The second-order valence-corrected chi connectivity index (χ2v) is 9.04. The van der Waals surface area contributed by atoms with Crippen LogP contribution in [0.4, 0.5) is 0 Å². The number of benzene rings is 3. The summed E-state index contributed by atoms with van der Waals surface area (Å²) in [6.45, 7) is 3.98. The van der Waals surface area contributed by atoms with Crippen LogP contribution < -0.4 is 4.74 Å². The molecule has 1 aliphatic heterocycles. The third-order valence-corrected chi connectivity index (χ3v) is 6.58. The van der Waals surface area contributed by atoms with Crippen LogP contribution in [0.5, 0.6) is 5.75 Å². The molecule has 7 nitrogen and oxygen atoms in total. The number of carbonyl (C=O) groups is 2. The zero-order valence-electron chi connectivity index (χ0n) is 21.7. The maximum absolute atomic E-state index is 13.3. The lowest BCUT2D eigenvalue weighted by atomic mass is 9.93. The molecule has 3 aromatic carbocycles. The molecular weight excluding hydrogens is 488 g/mol. The van der Waals surface area contributed by atoms with E-state index in [0.29, 0.717) is 29.0 Å². The lowest BCUT2D eigenvalue weighted by Gasteiger charge is -2.26. The fourth-order valence-corrected chi connectivity index (χ4v) is 4.45. The Labute approximate surface area is 226 Å². The zero-order chi connectivity index (χ0) is 27.4. The van der Waals surface area contributed by atoms with Gasteiger partial charge in [-0.15, -0.1) is 0 Å². The number of ether oxygens (including phenoxy) is 1. The molecule has 4 aromatic rings. The molecule has 1 aliphatic rings. The Bertz CT molecular complexity index is 1630. The van der Waals surface area contributed by atoms with Gasteiger partial charge >= 0.3 is 0 Å². The highest BCUT2D eigenvalue weighted by Gasteiger charge is 2.34. The van der Waals surface area contributed by atoms with E-state index in [9.17, 15) is 14.9 Å². The smallest absolute Gasteiger partial charge is 0.271 e. The summed E-state index contributed by atoms with van der Waals surface area (Å²) in [5, 5.41) is 14.5. The number of nitriles is 1. The van der Waals surface area contributed by atoms with Crippen LogP contribution in [0.3, 0.4) is 0 Å². The molecule has 5 rings (SSSR count). The van der Waals surface area contributed by atoms with Gasteiger partial charge in [-0.3, -0.25) is 14.5 Å². The number of likely N-dealkylation sites (N-methyl/N-ethyl adjacent to an activating group) is 1. The number of para-hydroxylation sites is 1. The first-order valence-corrected chi connectivity index (χ1v) is 12.6. The first kappa shape index (κ1) is 25.4. The number of hydrogen-bond acceptors (Lipinski definition) is 5. The molecule has 0 atom stereocenters. The van der Waals surface area contributed by atoms with Crippen LogP contribution in [0, 0.1) is 11.3 Å². The number of aromatic nitrogens is 2. The zero-order valence-corrected chi connectivity index (χ0v) is 21.7. The van der Waals surface area contributed by atoms with Crippen molar-refractivity contribution in [2.45, 2.75) is 20.5 Å². The first-order chi connectivity index (χ1) is 19.0. The van der Waals surface area contributed by atoms with Gasteiger partial charge in [0, 0.05) is 29.4 Å². The summed E-state index contributed by atoms with van der Waals surface area (Å²) in [4.78, 5) is 27.0. The number of carbonyl (C=O) groups excluding carboxylic acids is 2. The fraction of sp³-hybridized carbons (Fsp3) is 0.125. The van der Waals surface area contributed by atoms with Gasteiger partial charge in [0.15, 0.2) is 0 Å². The molecule has 2 heterocycles. The number of imide groups is 1. The van der Waals surface area contributed by atoms with Crippen molar-refractivity contribution in [2.24, 2.45) is 0 Å².